The van der Waals surface area contributed by atoms with E-state index in [4.69, 9.17) is 0 Å². The van der Waals surface area contributed by atoms with Crippen LogP contribution in [0.25, 0.3) is 10.8 Å². The number of carbonyl (C=O) groups excluding carboxylic acids is 1. The first-order chi connectivity index (χ1) is 14.1. The maximum Gasteiger partial charge on any atom is 0.272 e. The number of aromatic nitrogens is 2. The fraction of sp³-hybridized carbons (Fsp3) is 0.0870. The molecule has 0 aliphatic heterocycles. The summed E-state index contributed by atoms with van der Waals surface area (Å²) in [7, 11) is 0. The van der Waals surface area contributed by atoms with Crippen LogP contribution in [0.15, 0.2) is 83.7 Å². The van der Waals surface area contributed by atoms with E-state index in [9.17, 15) is 14.0 Å². The van der Waals surface area contributed by atoms with Gasteiger partial charge in [-0.1, -0.05) is 60.7 Å². The Labute approximate surface area is 166 Å². The minimum atomic E-state index is -0.432. The van der Waals surface area contributed by atoms with E-state index in [0.717, 1.165) is 11.1 Å². The normalized spacial score (nSPS) is 11.9. The highest BCUT2D eigenvalue weighted by molar-refractivity contribution is 5.88. The van der Waals surface area contributed by atoms with E-state index in [1.807, 2.05) is 30.3 Å². The Morgan fingerprint density at radius 3 is 2.24 bits per heavy atom. The average molecular weight is 387 g/mol. The highest BCUT2D eigenvalue weighted by atomic mass is 19.1. The van der Waals surface area contributed by atoms with E-state index in [0.29, 0.717) is 16.5 Å². The van der Waals surface area contributed by atoms with Gasteiger partial charge in [-0.05, 0) is 29.3 Å². The molecule has 4 rings (SSSR count). The summed E-state index contributed by atoms with van der Waals surface area (Å²) in [6.45, 7) is 0. The van der Waals surface area contributed by atoms with Crippen LogP contribution in [0.3, 0.4) is 0 Å². The molecular formula is C23H18FN3O2. The lowest BCUT2D eigenvalue weighted by molar-refractivity contribution is -0.121. The number of aromatic amines is 1. The van der Waals surface area contributed by atoms with E-state index in [1.165, 1.54) is 12.1 Å². The molecule has 144 valence electrons. The molecule has 1 amide bonds. The highest BCUT2D eigenvalue weighted by Gasteiger charge is 2.18. The molecule has 0 aliphatic carbocycles. The second-order valence-corrected chi connectivity index (χ2v) is 6.68. The third kappa shape index (κ3) is 4.06. The van der Waals surface area contributed by atoms with Crippen LogP contribution in [-0.2, 0) is 11.2 Å². The second-order valence-electron chi connectivity index (χ2n) is 6.68. The van der Waals surface area contributed by atoms with Gasteiger partial charge in [0.05, 0.1) is 23.5 Å². The van der Waals surface area contributed by atoms with Crippen LogP contribution in [0.5, 0.6) is 0 Å². The van der Waals surface area contributed by atoms with Gasteiger partial charge in [-0.25, -0.2) is 9.49 Å². The molecule has 0 bridgehead atoms. The van der Waals surface area contributed by atoms with E-state index in [2.05, 4.69) is 15.5 Å². The summed E-state index contributed by atoms with van der Waals surface area (Å²) < 4.78 is 13.4. The first kappa shape index (κ1) is 18.6. The van der Waals surface area contributed by atoms with Crippen LogP contribution in [0.1, 0.15) is 22.9 Å². The topological polar surface area (TPSA) is 74.8 Å². The molecule has 2 N–H and O–H groups in total. The molecule has 0 saturated carbocycles. The van der Waals surface area contributed by atoms with Crippen LogP contribution in [0.2, 0.25) is 0 Å². The maximum atomic E-state index is 13.4. The summed E-state index contributed by atoms with van der Waals surface area (Å²) in [6, 6.07) is 22.1. The van der Waals surface area contributed by atoms with E-state index in [1.54, 1.807) is 36.4 Å². The van der Waals surface area contributed by atoms with Gasteiger partial charge in [0, 0.05) is 5.39 Å². The zero-order valence-corrected chi connectivity index (χ0v) is 15.4. The molecule has 6 heteroatoms. The Kier molecular flexibility index (Phi) is 5.16. The Morgan fingerprint density at radius 1 is 0.897 bits per heavy atom. The van der Waals surface area contributed by atoms with Crippen molar-refractivity contribution in [2.45, 2.75) is 12.5 Å². The molecule has 0 spiro atoms. The molecule has 4 aromatic rings. The molecule has 5 nitrogen and oxygen atoms in total. The van der Waals surface area contributed by atoms with Crippen LogP contribution >= 0.6 is 0 Å². The Bertz CT molecular complexity index is 1200. The second kappa shape index (κ2) is 8.06. The fourth-order valence-electron chi connectivity index (χ4n) is 3.33. The van der Waals surface area contributed by atoms with Crippen LogP contribution in [0, 0.1) is 5.82 Å². The number of fused-ring (bicyclic) bond motifs is 1. The number of nitrogens with zero attached hydrogens (tertiary/aromatic N) is 1. The van der Waals surface area contributed by atoms with Crippen molar-refractivity contribution in [2.24, 2.45) is 0 Å². The Morgan fingerprint density at radius 2 is 1.52 bits per heavy atom. The number of carbonyl (C=O) groups is 1. The predicted molar refractivity (Wildman–Crippen MR) is 109 cm³/mol. The summed E-state index contributed by atoms with van der Waals surface area (Å²) in [4.78, 5) is 24.8. The monoisotopic (exact) mass is 387 g/mol. The molecule has 0 aliphatic rings. The maximum absolute atomic E-state index is 13.4. The molecule has 0 fully saturated rings. The van der Waals surface area contributed by atoms with Crippen molar-refractivity contribution in [3.63, 3.8) is 0 Å². The van der Waals surface area contributed by atoms with Crippen molar-refractivity contribution in [2.75, 3.05) is 0 Å². The number of H-pyrrole nitrogens is 1. The highest BCUT2D eigenvalue weighted by Crippen LogP contribution is 2.23. The minimum Gasteiger partial charge on any atom is -0.345 e. The zero-order valence-electron chi connectivity index (χ0n) is 15.4. The van der Waals surface area contributed by atoms with Gasteiger partial charge in [-0.15, -0.1) is 0 Å². The quantitative estimate of drug-likeness (QED) is 0.550. The smallest absolute Gasteiger partial charge is 0.272 e. The van der Waals surface area contributed by atoms with Crippen molar-refractivity contribution >= 4 is 16.7 Å². The SMILES string of the molecule is O=C(Cc1n[nH]c(=O)c2ccccc12)NC(c1ccccc1)c1ccc(F)cc1. The summed E-state index contributed by atoms with van der Waals surface area (Å²) in [5.41, 5.74) is 1.85. The molecule has 3 aromatic carbocycles. The van der Waals surface area contributed by atoms with Gasteiger partial charge in [-0.2, -0.15) is 5.10 Å². The molecular weight excluding hydrogens is 369 g/mol. The Balaban J connectivity index is 1.63. The molecule has 0 radical (unpaired) electrons. The largest absolute Gasteiger partial charge is 0.345 e. The van der Waals surface area contributed by atoms with Gasteiger partial charge >= 0.3 is 0 Å². The third-order valence-corrected chi connectivity index (χ3v) is 4.74. The standard InChI is InChI=1S/C23H18FN3O2/c24-17-12-10-16(11-13-17)22(15-6-2-1-3-7-15)25-21(28)14-20-18-8-4-5-9-19(18)23(29)27-26-20/h1-13,22H,14H2,(H,25,28)(H,27,29). The number of nitrogens with one attached hydrogen (secondary N) is 2. The summed E-state index contributed by atoms with van der Waals surface area (Å²) in [5.74, 6) is -0.594. The van der Waals surface area contributed by atoms with Crippen molar-refractivity contribution in [3.8, 4) is 0 Å². The first-order valence-electron chi connectivity index (χ1n) is 9.18. The van der Waals surface area contributed by atoms with Crippen molar-refractivity contribution in [1.82, 2.24) is 15.5 Å². The summed E-state index contributed by atoms with van der Waals surface area (Å²) in [6.07, 6.45) is 0.00181. The molecule has 1 aromatic heterocycles. The van der Waals surface area contributed by atoms with Crippen molar-refractivity contribution in [3.05, 3.63) is 112 Å². The van der Waals surface area contributed by atoms with Crippen molar-refractivity contribution < 1.29 is 9.18 Å². The van der Waals surface area contributed by atoms with Crippen LogP contribution in [0.4, 0.5) is 4.39 Å². The van der Waals surface area contributed by atoms with E-state index < -0.39 is 6.04 Å². The van der Waals surface area contributed by atoms with Gasteiger partial charge in [0.15, 0.2) is 0 Å². The van der Waals surface area contributed by atoms with Gasteiger partial charge in [0.25, 0.3) is 5.56 Å². The molecule has 29 heavy (non-hydrogen) atoms. The number of hydrogen-bond acceptors (Lipinski definition) is 3. The van der Waals surface area contributed by atoms with Gasteiger partial charge in [0.2, 0.25) is 5.91 Å². The first-order valence-corrected chi connectivity index (χ1v) is 9.18. The van der Waals surface area contributed by atoms with Crippen molar-refractivity contribution in [1.29, 1.82) is 0 Å². The van der Waals surface area contributed by atoms with Crippen LogP contribution in [-0.4, -0.2) is 16.1 Å². The zero-order chi connectivity index (χ0) is 20.2. The van der Waals surface area contributed by atoms with Gasteiger partial charge < -0.3 is 5.32 Å². The number of benzene rings is 3. The van der Waals surface area contributed by atoms with Gasteiger partial charge in [-0.3, -0.25) is 9.59 Å². The minimum absolute atomic E-state index is 0.00181. The third-order valence-electron chi connectivity index (χ3n) is 4.74. The lowest BCUT2D eigenvalue weighted by atomic mass is 9.98. The summed E-state index contributed by atoms with van der Waals surface area (Å²) >= 11 is 0. The molecule has 0 saturated heterocycles. The van der Waals surface area contributed by atoms with E-state index >= 15 is 0 Å². The van der Waals surface area contributed by atoms with Crippen LogP contribution < -0.4 is 10.9 Å². The number of amides is 1. The number of rotatable bonds is 5. The summed E-state index contributed by atoms with van der Waals surface area (Å²) in [5, 5.41) is 10.6. The lowest BCUT2D eigenvalue weighted by Gasteiger charge is -2.20. The molecule has 1 atom stereocenters. The van der Waals surface area contributed by atoms with Gasteiger partial charge in [0.1, 0.15) is 5.82 Å². The predicted octanol–water partition coefficient (Wildman–Crippen LogP) is 3.51. The number of halogens is 1. The number of hydrogen-bond donors (Lipinski definition) is 2. The average Bonchev–Trinajstić information content (AvgIpc) is 2.76. The molecule has 1 heterocycles. The Hall–Kier alpha value is -3.80. The molecule has 1 unspecified atom stereocenters. The fourth-order valence-corrected chi connectivity index (χ4v) is 3.33. The van der Waals surface area contributed by atoms with E-state index in [-0.39, 0.29) is 23.7 Å². The lowest BCUT2D eigenvalue weighted by Crippen LogP contribution is -2.31.